The Bertz CT molecular complexity index is 635. The van der Waals surface area contributed by atoms with Crippen LogP contribution in [0.5, 0.6) is 0 Å². The molecule has 1 aliphatic heterocycles. The number of nitro groups is 1. The monoisotopic (exact) mass is 287 g/mol. The Morgan fingerprint density at radius 3 is 2.80 bits per heavy atom. The third kappa shape index (κ3) is 2.55. The fourth-order valence-corrected chi connectivity index (χ4v) is 3.03. The van der Waals surface area contributed by atoms with Crippen LogP contribution in [0.1, 0.15) is 11.3 Å². The van der Waals surface area contributed by atoms with E-state index >= 15 is 0 Å². The number of aromatic nitrogens is 1. The van der Waals surface area contributed by atoms with Crippen molar-refractivity contribution < 1.29 is 4.92 Å². The second-order valence-electron chi connectivity index (χ2n) is 4.53. The zero-order valence-electron chi connectivity index (χ0n) is 10.7. The molecule has 0 radical (unpaired) electrons. The summed E-state index contributed by atoms with van der Waals surface area (Å²) in [5.41, 5.74) is 1.40. The number of pyridine rings is 1. The topological polar surface area (TPSA) is 59.3 Å². The predicted octanol–water partition coefficient (Wildman–Crippen LogP) is 3.35. The minimum absolute atomic E-state index is 0.0283. The lowest BCUT2D eigenvalue weighted by molar-refractivity contribution is -0.385. The Labute approximate surface area is 120 Å². The maximum atomic E-state index is 10.6. The van der Waals surface area contributed by atoms with Crippen molar-refractivity contribution >= 4 is 28.4 Å². The van der Waals surface area contributed by atoms with Gasteiger partial charge in [0, 0.05) is 24.0 Å². The predicted molar refractivity (Wildman–Crippen MR) is 80.0 cm³/mol. The van der Waals surface area contributed by atoms with Gasteiger partial charge in [0.25, 0.3) is 5.69 Å². The number of thiophene rings is 1. The lowest BCUT2D eigenvalue weighted by Crippen LogP contribution is -2.28. The number of rotatable bonds is 3. The normalized spacial score (nSPS) is 15.0. The Hall–Kier alpha value is -2.21. The van der Waals surface area contributed by atoms with E-state index in [0.717, 1.165) is 25.3 Å². The lowest BCUT2D eigenvalue weighted by atomic mass is 10.1. The largest absolute Gasteiger partial charge is 0.353 e. The van der Waals surface area contributed by atoms with E-state index in [9.17, 15) is 10.1 Å². The molecule has 20 heavy (non-hydrogen) atoms. The van der Waals surface area contributed by atoms with Crippen LogP contribution in [-0.4, -0.2) is 23.0 Å². The summed E-state index contributed by atoms with van der Waals surface area (Å²) in [5.74, 6) is 0.789. The van der Waals surface area contributed by atoms with Gasteiger partial charge in [0.15, 0.2) is 0 Å². The molecule has 0 atom stereocenters. The molecule has 0 fully saturated rings. The van der Waals surface area contributed by atoms with Gasteiger partial charge in [0.05, 0.1) is 4.92 Å². The van der Waals surface area contributed by atoms with E-state index in [4.69, 9.17) is 0 Å². The van der Waals surface area contributed by atoms with Gasteiger partial charge < -0.3 is 4.90 Å². The highest BCUT2D eigenvalue weighted by atomic mass is 32.1. The van der Waals surface area contributed by atoms with Gasteiger partial charge in [-0.05, 0) is 29.5 Å². The van der Waals surface area contributed by atoms with Gasteiger partial charge in [-0.25, -0.2) is 4.98 Å². The van der Waals surface area contributed by atoms with Gasteiger partial charge >= 0.3 is 0 Å². The molecule has 1 aliphatic rings. The summed E-state index contributed by atoms with van der Waals surface area (Å²) in [6, 6.07) is 7.41. The maximum absolute atomic E-state index is 10.6. The molecule has 0 saturated heterocycles. The van der Waals surface area contributed by atoms with Crippen molar-refractivity contribution in [3.63, 3.8) is 0 Å². The first-order valence-electron chi connectivity index (χ1n) is 6.32. The number of hydrogen-bond acceptors (Lipinski definition) is 5. The minimum atomic E-state index is -0.429. The molecular weight excluding hydrogens is 274 g/mol. The number of anilines is 1. The molecular formula is C14H13N3O2S. The smallest absolute Gasteiger partial charge is 0.287 e. The van der Waals surface area contributed by atoms with Crippen LogP contribution in [0.3, 0.4) is 0 Å². The first-order valence-corrected chi connectivity index (χ1v) is 7.20. The SMILES string of the molecule is O=[N+]([O-])c1ccc(N2CC=C(c3cccs3)CC2)nc1. The molecule has 0 spiro atoms. The van der Waals surface area contributed by atoms with Crippen LogP contribution >= 0.6 is 11.3 Å². The fraction of sp³-hybridized carbons (Fsp3) is 0.214. The van der Waals surface area contributed by atoms with Crippen molar-refractivity contribution in [2.75, 3.05) is 18.0 Å². The second-order valence-corrected chi connectivity index (χ2v) is 5.48. The van der Waals surface area contributed by atoms with E-state index in [1.54, 1.807) is 17.4 Å². The summed E-state index contributed by atoms with van der Waals surface area (Å²) in [6.45, 7) is 1.67. The van der Waals surface area contributed by atoms with Crippen molar-refractivity contribution in [1.82, 2.24) is 4.98 Å². The minimum Gasteiger partial charge on any atom is -0.353 e. The van der Waals surface area contributed by atoms with E-state index in [1.807, 2.05) is 0 Å². The van der Waals surface area contributed by atoms with E-state index in [1.165, 1.54) is 22.7 Å². The van der Waals surface area contributed by atoms with Crippen LogP contribution in [0, 0.1) is 10.1 Å². The van der Waals surface area contributed by atoms with Crippen molar-refractivity contribution in [1.29, 1.82) is 0 Å². The highest BCUT2D eigenvalue weighted by Crippen LogP contribution is 2.27. The van der Waals surface area contributed by atoms with Gasteiger partial charge in [-0.15, -0.1) is 11.3 Å². The lowest BCUT2D eigenvalue weighted by Gasteiger charge is -2.27. The molecule has 0 N–H and O–H groups in total. The fourth-order valence-electron chi connectivity index (χ4n) is 2.24. The highest BCUT2D eigenvalue weighted by Gasteiger charge is 2.15. The molecule has 0 aliphatic carbocycles. The molecule has 0 amide bonds. The third-order valence-electron chi connectivity index (χ3n) is 3.31. The maximum Gasteiger partial charge on any atom is 0.287 e. The first-order chi connectivity index (χ1) is 9.74. The summed E-state index contributed by atoms with van der Waals surface area (Å²) < 4.78 is 0. The summed E-state index contributed by atoms with van der Waals surface area (Å²) in [5, 5.41) is 12.7. The van der Waals surface area contributed by atoms with Crippen LogP contribution in [0.4, 0.5) is 11.5 Å². The summed E-state index contributed by atoms with van der Waals surface area (Å²) in [4.78, 5) is 17.8. The van der Waals surface area contributed by atoms with Crippen LogP contribution < -0.4 is 4.90 Å². The molecule has 102 valence electrons. The standard InChI is InChI=1S/C14H13N3O2S/c18-17(19)12-3-4-14(15-10-12)16-7-5-11(6-8-16)13-2-1-9-20-13/h1-5,9-10H,6-8H2. The van der Waals surface area contributed by atoms with Gasteiger partial charge in [-0.2, -0.15) is 0 Å². The van der Waals surface area contributed by atoms with Gasteiger partial charge in [-0.1, -0.05) is 12.1 Å². The second kappa shape index (κ2) is 5.42. The van der Waals surface area contributed by atoms with E-state index in [2.05, 4.69) is 33.5 Å². The van der Waals surface area contributed by atoms with Gasteiger partial charge in [0.1, 0.15) is 12.0 Å². The van der Waals surface area contributed by atoms with E-state index in [0.29, 0.717) is 0 Å². The van der Waals surface area contributed by atoms with Crippen molar-refractivity contribution in [3.8, 4) is 0 Å². The quantitative estimate of drug-likeness (QED) is 0.641. The molecule has 0 unspecified atom stereocenters. The number of nitrogens with zero attached hydrogens (tertiary/aromatic N) is 3. The average Bonchev–Trinajstić information content (AvgIpc) is 3.02. The molecule has 3 heterocycles. The zero-order valence-corrected chi connectivity index (χ0v) is 11.5. The van der Waals surface area contributed by atoms with Gasteiger partial charge in [0.2, 0.25) is 0 Å². The zero-order chi connectivity index (χ0) is 13.9. The Kier molecular flexibility index (Phi) is 3.47. The molecule has 2 aromatic rings. The Morgan fingerprint density at radius 1 is 1.35 bits per heavy atom. The molecule has 0 saturated carbocycles. The molecule has 5 nitrogen and oxygen atoms in total. The van der Waals surface area contributed by atoms with Crippen LogP contribution in [-0.2, 0) is 0 Å². The Morgan fingerprint density at radius 2 is 2.25 bits per heavy atom. The van der Waals surface area contributed by atoms with Crippen LogP contribution in [0.25, 0.3) is 5.57 Å². The van der Waals surface area contributed by atoms with E-state index < -0.39 is 4.92 Å². The van der Waals surface area contributed by atoms with E-state index in [-0.39, 0.29) is 5.69 Å². The summed E-state index contributed by atoms with van der Waals surface area (Å²) >= 11 is 1.75. The summed E-state index contributed by atoms with van der Waals surface area (Å²) in [6.07, 6.45) is 4.49. The molecule has 3 rings (SSSR count). The number of hydrogen-bond donors (Lipinski definition) is 0. The molecule has 0 bridgehead atoms. The molecule has 0 aromatic carbocycles. The molecule has 2 aromatic heterocycles. The van der Waals surface area contributed by atoms with Crippen molar-refractivity contribution in [2.24, 2.45) is 0 Å². The third-order valence-corrected chi connectivity index (χ3v) is 4.26. The highest BCUT2D eigenvalue weighted by molar-refractivity contribution is 7.11. The van der Waals surface area contributed by atoms with Gasteiger partial charge in [-0.3, -0.25) is 10.1 Å². The van der Waals surface area contributed by atoms with Crippen LogP contribution in [0.2, 0.25) is 0 Å². The average molecular weight is 287 g/mol. The van der Waals surface area contributed by atoms with Crippen LogP contribution in [0.15, 0.2) is 41.9 Å². The molecule has 6 heteroatoms. The van der Waals surface area contributed by atoms with Crippen molar-refractivity contribution in [2.45, 2.75) is 6.42 Å². The Balaban J connectivity index is 1.73. The summed E-state index contributed by atoms with van der Waals surface area (Å²) in [7, 11) is 0. The first kappa shape index (κ1) is 12.8. The van der Waals surface area contributed by atoms with Crippen molar-refractivity contribution in [3.05, 3.63) is 56.9 Å².